The zero-order valence-corrected chi connectivity index (χ0v) is 13.0. The van der Waals surface area contributed by atoms with E-state index in [4.69, 9.17) is 0 Å². The monoisotopic (exact) mass is 385 g/mol. The molecule has 0 aliphatic carbocycles. The highest BCUT2D eigenvalue weighted by molar-refractivity contribution is 14.1. The minimum Gasteiger partial charge on any atom is -0.507 e. The molecular weight excluding hydrogens is 372 g/mol. The van der Waals surface area contributed by atoms with Crippen LogP contribution in [0.25, 0.3) is 0 Å². The number of halogens is 2. The molecular formula is C15H13FINO2. The smallest absolute Gasteiger partial charge is 0.254 e. The van der Waals surface area contributed by atoms with E-state index in [1.54, 1.807) is 37.4 Å². The van der Waals surface area contributed by atoms with Gasteiger partial charge in [-0.1, -0.05) is 18.2 Å². The Balaban J connectivity index is 2.16. The van der Waals surface area contributed by atoms with E-state index in [0.29, 0.717) is 14.7 Å². The Hall–Kier alpha value is -1.63. The van der Waals surface area contributed by atoms with Crippen LogP contribution in [0.1, 0.15) is 15.9 Å². The molecule has 0 unspecified atom stereocenters. The van der Waals surface area contributed by atoms with E-state index in [9.17, 15) is 14.3 Å². The number of phenols is 1. The summed E-state index contributed by atoms with van der Waals surface area (Å²) >= 11 is 1.98. The molecule has 3 nitrogen and oxygen atoms in total. The third kappa shape index (κ3) is 3.27. The maximum absolute atomic E-state index is 13.6. The predicted molar refractivity (Wildman–Crippen MR) is 83.0 cm³/mol. The van der Waals surface area contributed by atoms with E-state index in [-0.39, 0.29) is 24.0 Å². The molecule has 0 heterocycles. The molecule has 5 heteroatoms. The normalized spacial score (nSPS) is 10.3. The molecule has 104 valence electrons. The van der Waals surface area contributed by atoms with Crippen molar-refractivity contribution in [1.29, 1.82) is 0 Å². The van der Waals surface area contributed by atoms with Gasteiger partial charge in [0.05, 0.1) is 3.57 Å². The van der Waals surface area contributed by atoms with Crippen LogP contribution in [0.3, 0.4) is 0 Å². The van der Waals surface area contributed by atoms with E-state index >= 15 is 0 Å². The van der Waals surface area contributed by atoms with E-state index in [1.807, 2.05) is 22.6 Å². The maximum atomic E-state index is 13.6. The zero-order valence-electron chi connectivity index (χ0n) is 10.8. The molecule has 0 saturated heterocycles. The fraction of sp³-hybridized carbons (Fsp3) is 0.133. The van der Waals surface area contributed by atoms with Crippen LogP contribution in [0.5, 0.6) is 5.75 Å². The highest BCUT2D eigenvalue weighted by Crippen LogP contribution is 2.21. The number of aromatic hydroxyl groups is 1. The van der Waals surface area contributed by atoms with Gasteiger partial charge in [0.15, 0.2) is 0 Å². The first kappa shape index (κ1) is 14.8. The van der Waals surface area contributed by atoms with Crippen LogP contribution in [0, 0.1) is 9.39 Å². The fourth-order valence-electron chi connectivity index (χ4n) is 1.82. The van der Waals surface area contributed by atoms with Crippen molar-refractivity contribution < 1.29 is 14.3 Å². The molecule has 2 rings (SSSR count). The first-order valence-electron chi connectivity index (χ1n) is 5.96. The summed E-state index contributed by atoms with van der Waals surface area (Å²) in [5.74, 6) is -0.534. The fourth-order valence-corrected chi connectivity index (χ4v) is 2.16. The minimum absolute atomic E-state index is 0.0655. The number of carbonyl (C=O) groups is 1. The lowest BCUT2D eigenvalue weighted by Gasteiger charge is -2.18. The molecule has 0 fully saturated rings. The molecule has 0 bridgehead atoms. The van der Waals surface area contributed by atoms with Gasteiger partial charge >= 0.3 is 0 Å². The van der Waals surface area contributed by atoms with Crippen molar-refractivity contribution in [3.05, 3.63) is 63.0 Å². The van der Waals surface area contributed by atoms with Gasteiger partial charge in [-0.05, 0) is 46.9 Å². The van der Waals surface area contributed by atoms with Crippen molar-refractivity contribution in [2.45, 2.75) is 6.54 Å². The highest BCUT2D eigenvalue weighted by Gasteiger charge is 2.14. The average molecular weight is 385 g/mol. The third-order valence-corrected chi connectivity index (χ3v) is 3.82. The summed E-state index contributed by atoms with van der Waals surface area (Å²) in [5.41, 5.74) is 0.833. The number of nitrogens with zero attached hydrogens (tertiary/aromatic N) is 1. The van der Waals surface area contributed by atoms with Crippen molar-refractivity contribution in [2.24, 2.45) is 0 Å². The minimum atomic E-state index is -0.336. The van der Waals surface area contributed by atoms with Crippen LogP contribution >= 0.6 is 22.6 Å². The van der Waals surface area contributed by atoms with Gasteiger partial charge in [-0.2, -0.15) is 0 Å². The Morgan fingerprint density at radius 3 is 2.65 bits per heavy atom. The Labute approximate surface area is 130 Å². The maximum Gasteiger partial charge on any atom is 0.254 e. The van der Waals surface area contributed by atoms with Crippen LogP contribution in [0.15, 0.2) is 42.5 Å². The summed E-state index contributed by atoms with van der Waals surface area (Å²) in [5, 5.41) is 9.63. The lowest BCUT2D eigenvalue weighted by molar-refractivity contribution is 0.0783. The number of benzene rings is 2. The van der Waals surface area contributed by atoms with Gasteiger partial charge in [0.25, 0.3) is 5.91 Å². The van der Waals surface area contributed by atoms with Crippen LogP contribution in [0.2, 0.25) is 0 Å². The second kappa shape index (κ2) is 6.21. The van der Waals surface area contributed by atoms with Gasteiger partial charge in [-0.3, -0.25) is 4.79 Å². The Bertz CT molecular complexity index is 646. The topological polar surface area (TPSA) is 40.5 Å². The first-order chi connectivity index (χ1) is 9.49. The molecule has 1 amide bonds. The molecule has 2 aromatic rings. The molecule has 0 spiro atoms. The molecule has 0 atom stereocenters. The zero-order chi connectivity index (χ0) is 14.7. The van der Waals surface area contributed by atoms with Crippen LogP contribution < -0.4 is 0 Å². The summed E-state index contributed by atoms with van der Waals surface area (Å²) in [6.45, 7) is 0.179. The van der Waals surface area contributed by atoms with Crippen LogP contribution in [0.4, 0.5) is 4.39 Å². The quantitative estimate of drug-likeness (QED) is 0.823. The number of rotatable bonds is 3. The summed E-state index contributed by atoms with van der Waals surface area (Å²) in [6.07, 6.45) is 0. The second-order valence-electron chi connectivity index (χ2n) is 4.42. The van der Waals surface area contributed by atoms with Crippen molar-refractivity contribution in [3.8, 4) is 5.75 Å². The first-order valence-corrected chi connectivity index (χ1v) is 7.04. The molecule has 0 aromatic heterocycles. The SMILES string of the molecule is CN(Cc1ccccc1F)C(=O)c1ccc(I)c(O)c1. The molecule has 1 N–H and O–H groups in total. The van der Waals surface area contributed by atoms with E-state index in [0.717, 1.165) is 0 Å². The number of carbonyl (C=O) groups excluding carboxylic acids is 1. The van der Waals surface area contributed by atoms with Crippen molar-refractivity contribution in [3.63, 3.8) is 0 Å². The summed E-state index contributed by atoms with van der Waals surface area (Å²) < 4.78 is 14.2. The summed E-state index contributed by atoms with van der Waals surface area (Å²) in [6, 6.07) is 11.1. The lowest BCUT2D eigenvalue weighted by Crippen LogP contribution is -2.26. The van der Waals surface area contributed by atoms with Gasteiger partial charge in [-0.15, -0.1) is 0 Å². The van der Waals surface area contributed by atoms with Crippen molar-refractivity contribution in [1.82, 2.24) is 4.90 Å². The van der Waals surface area contributed by atoms with E-state index in [2.05, 4.69) is 0 Å². The van der Waals surface area contributed by atoms with Crippen LogP contribution in [-0.2, 0) is 6.54 Å². The Kier molecular flexibility index (Phi) is 4.59. The molecule has 0 radical (unpaired) electrons. The molecule has 20 heavy (non-hydrogen) atoms. The van der Waals surface area contributed by atoms with Gasteiger partial charge in [0.2, 0.25) is 0 Å². The van der Waals surface area contributed by atoms with Gasteiger partial charge in [-0.25, -0.2) is 4.39 Å². The molecule has 2 aromatic carbocycles. The van der Waals surface area contributed by atoms with E-state index in [1.165, 1.54) is 17.0 Å². The largest absolute Gasteiger partial charge is 0.507 e. The number of hydrogen-bond acceptors (Lipinski definition) is 2. The molecule has 0 aliphatic heterocycles. The van der Waals surface area contributed by atoms with Crippen molar-refractivity contribution >= 4 is 28.5 Å². The second-order valence-corrected chi connectivity index (χ2v) is 5.58. The summed E-state index contributed by atoms with van der Waals surface area (Å²) in [4.78, 5) is 13.6. The number of phenolic OH excluding ortho intramolecular Hbond substituents is 1. The number of amides is 1. The number of hydrogen-bond donors (Lipinski definition) is 1. The Morgan fingerprint density at radius 1 is 1.30 bits per heavy atom. The molecule has 0 saturated carbocycles. The standard InChI is InChI=1S/C15H13FINO2/c1-18(9-11-4-2-3-5-12(11)16)15(20)10-6-7-13(17)14(19)8-10/h2-8,19H,9H2,1H3. The van der Waals surface area contributed by atoms with Gasteiger partial charge in [0, 0.05) is 24.7 Å². The van der Waals surface area contributed by atoms with E-state index < -0.39 is 0 Å². The Morgan fingerprint density at radius 2 is 2.00 bits per heavy atom. The highest BCUT2D eigenvalue weighted by atomic mass is 127. The summed E-state index contributed by atoms with van der Waals surface area (Å²) in [7, 11) is 1.60. The van der Waals surface area contributed by atoms with Gasteiger partial charge < -0.3 is 10.0 Å². The molecule has 0 aliphatic rings. The third-order valence-electron chi connectivity index (χ3n) is 2.91. The predicted octanol–water partition coefficient (Wildman–Crippen LogP) is 3.41. The van der Waals surface area contributed by atoms with Crippen molar-refractivity contribution in [2.75, 3.05) is 7.05 Å². The van der Waals surface area contributed by atoms with Crippen LogP contribution in [-0.4, -0.2) is 23.0 Å². The average Bonchev–Trinajstić information content (AvgIpc) is 2.43. The lowest BCUT2D eigenvalue weighted by atomic mass is 10.1. The van der Waals surface area contributed by atoms with Gasteiger partial charge in [0.1, 0.15) is 11.6 Å².